The Balaban J connectivity index is 0.805. The number of H-pyrrole nitrogens is 2. The molecule has 4 spiro atoms. The summed E-state index contributed by atoms with van der Waals surface area (Å²) in [5.41, 5.74) is 3.10. The van der Waals surface area contributed by atoms with Crippen molar-refractivity contribution in [3.05, 3.63) is 121 Å². The summed E-state index contributed by atoms with van der Waals surface area (Å²) in [6, 6.07) is 20.7. The third-order valence-electron chi connectivity index (χ3n) is 24.3. The lowest BCUT2D eigenvalue weighted by atomic mass is 9.54. The number of rotatable bonds is 2. The first-order chi connectivity index (χ1) is 42.0. The molecule has 12 aliphatic rings. The van der Waals surface area contributed by atoms with Crippen molar-refractivity contribution in [2.24, 2.45) is 22.7 Å². The summed E-state index contributed by atoms with van der Waals surface area (Å²) in [5.74, 6) is 0.123. The molecule has 8 saturated heterocycles. The maximum atomic E-state index is 14.4. The van der Waals surface area contributed by atoms with Crippen molar-refractivity contribution in [2.75, 3.05) is 52.4 Å². The maximum absolute atomic E-state index is 14.4. The molecule has 18 rings (SSSR count). The highest BCUT2D eigenvalue weighted by Gasteiger charge is 2.74. The number of hydrogen-bond acceptors (Lipinski definition) is 12. The van der Waals surface area contributed by atoms with Gasteiger partial charge in [0.2, 0.25) is 0 Å². The molecule has 2 aliphatic carbocycles. The third kappa shape index (κ3) is 8.39. The summed E-state index contributed by atoms with van der Waals surface area (Å²) < 4.78 is 16.3. The molecular weight excluding hydrogens is 1070 g/mol. The van der Waals surface area contributed by atoms with Gasteiger partial charge < -0.3 is 49.7 Å². The van der Waals surface area contributed by atoms with E-state index in [9.17, 15) is 20.4 Å². The summed E-state index contributed by atoms with van der Waals surface area (Å²) >= 11 is 0. The fraction of sp³-hybridized carbons (Fsp3) is 0.583. The largest absolute Gasteiger partial charge is 0.390 e. The molecule has 86 heavy (non-hydrogen) atoms. The number of aliphatic hydroxyl groups excluding tert-OH is 2. The van der Waals surface area contributed by atoms with Crippen LogP contribution in [0.4, 0.5) is 0 Å². The Labute approximate surface area is 505 Å². The van der Waals surface area contributed by atoms with E-state index in [1.54, 1.807) is 0 Å². The first-order valence-electron chi connectivity index (χ1n) is 33.6. The number of piperidine rings is 2. The van der Waals surface area contributed by atoms with Crippen LogP contribution < -0.4 is 0 Å². The Morgan fingerprint density at radius 3 is 1.50 bits per heavy atom. The molecule has 0 amide bonds. The molecule has 452 valence electrons. The van der Waals surface area contributed by atoms with E-state index in [1.807, 2.05) is 12.4 Å². The number of para-hydroxylation sites is 2. The average molecular weight is 1160 g/mol. The number of aromatic nitrogens is 4. The standard InChI is InChI=1S/C72H88N8O6/c81-57-21-31-71-43-67-45-77-35-15-7-4-2-6-14-30-70(84,42-52(53(67)25-37-77)62-64-50(24-34-74-62)48-18-10-12-20-56(48)76-64)66(67)80(71)40-28-60(57)86-72-32-22-59(85-71)58(82)27-39-79(72)65-68(44-72)46-78-36-16-8-3-1-5-13-29-69(65,83)41-51(54(68)26-38-78)61-63-49(23-33-73-61)47-17-9-11-19-55(47)75-63/h1-2,5-6,9-12,17-20,23-24,33-34,41-42,53-54,57-60,65-66,75-76,81-84H,3-4,7-8,13-16,21-22,25-32,35-40,43-46H2/t53-,54-,57?,58-,59+,60?,65+,66+,67-,68-,69-,70-,71?,72+/m0/s1. The van der Waals surface area contributed by atoms with Gasteiger partial charge in [-0.3, -0.25) is 19.8 Å². The van der Waals surface area contributed by atoms with E-state index in [0.717, 1.165) is 159 Å². The Kier molecular flexibility index (Phi) is 13.3. The zero-order valence-electron chi connectivity index (χ0n) is 50.1. The minimum atomic E-state index is -1.28. The first-order valence-corrected chi connectivity index (χ1v) is 33.6. The predicted molar refractivity (Wildman–Crippen MR) is 337 cm³/mol. The highest BCUT2D eigenvalue weighted by atomic mass is 16.6. The molecule has 0 radical (unpaired) electrons. The maximum Gasteiger partial charge on any atom is 0.123 e. The number of pyridine rings is 2. The molecule has 5 unspecified atom stereocenters. The molecule has 16 atom stereocenters. The van der Waals surface area contributed by atoms with Gasteiger partial charge in [-0.1, -0.05) is 60.7 Å². The van der Waals surface area contributed by atoms with E-state index >= 15 is 0 Å². The van der Waals surface area contributed by atoms with Crippen molar-refractivity contribution in [1.29, 1.82) is 0 Å². The summed E-state index contributed by atoms with van der Waals surface area (Å²) in [5, 5.41) is 59.7. The lowest BCUT2D eigenvalue weighted by molar-refractivity contribution is -0.223. The second kappa shape index (κ2) is 20.7. The van der Waals surface area contributed by atoms with Gasteiger partial charge in [0.1, 0.15) is 11.4 Å². The fourth-order valence-corrected chi connectivity index (χ4v) is 21.1. The highest BCUT2D eigenvalue weighted by molar-refractivity contribution is 6.11. The molecule has 4 aromatic heterocycles. The van der Waals surface area contributed by atoms with E-state index < -0.39 is 57.9 Å². The Morgan fingerprint density at radius 1 is 0.477 bits per heavy atom. The van der Waals surface area contributed by atoms with Crippen LogP contribution in [0.2, 0.25) is 0 Å². The lowest BCUT2D eigenvalue weighted by Crippen LogP contribution is -2.66. The van der Waals surface area contributed by atoms with Crippen LogP contribution in [0.3, 0.4) is 0 Å². The quantitative estimate of drug-likeness (QED) is 0.0909. The zero-order valence-corrected chi connectivity index (χ0v) is 50.1. The van der Waals surface area contributed by atoms with Crippen molar-refractivity contribution in [3.8, 4) is 0 Å². The van der Waals surface area contributed by atoms with Gasteiger partial charge in [0, 0.05) is 82.0 Å². The third-order valence-corrected chi connectivity index (χ3v) is 24.3. The van der Waals surface area contributed by atoms with Gasteiger partial charge in [-0.05, 0) is 214 Å². The number of fused-ring (bicyclic) bond motifs is 11. The fourth-order valence-electron chi connectivity index (χ4n) is 21.1. The van der Waals surface area contributed by atoms with Gasteiger partial charge >= 0.3 is 0 Å². The lowest BCUT2D eigenvalue weighted by Gasteiger charge is -2.58. The van der Waals surface area contributed by atoms with E-state index in [1.165, 1.54) is 10.8 Å². The summed E-state index contributed by atoms with van der Waals surface area (Å²) in [7, 11) is 0. The van der Waals surface area contributed by atoms with Crippen molar-refractivity contribution in [3.63, 3.8) is 0 Å². The van der Waals surface area contributed by atoms with Gasteiger partial charge in [0.25, 0.3) is 0 Å². The topological polar surface area (TPSA) is 170 Å². The number of aromatic amines is 2. The summed E-state index contributed by atoms with van der Waals surface area (Å²) in [6.07, 6.45) is 30.7. The molecule has 0 saturated carbocycles. The highest BCUT2D eigenvalue weighted by Crippen LogP contribution is 2.68. The SMILES string of the molecule is OC1CCC23C[C@]45CN6CCCCC=CCC[C@](O)(C=C(c7nccc8c7[nH]c7ccccc78)[C@@H]4CC6)[C@@H]5N2CCC1O[C@@]12CC[C@@H](O3)[C@@H](O)CCN1[C@@H]1[C@]3(CN4CCCCC=CCC[C@]1(O)C=C(c1nccc5c1[nH]c1ccccc15)[C@@H]3CC4)C2. The molecule has 10 bridgehead atoms. The Bertz CT molecular complexity index is 3740. The number of allylic oxidation sites excluding steroid dienone is 6. The van der Waals surface area contributed by atoms with Crippen LogP contribution >= 0.6 is 0 Å². The van der Waals surface area contributed by atoms with Crippen LogP contribution in [-0.4, -0.2) is 171 Å². The van der Waals surface area contributed by atoms with Crippen molar-refractivity contribution >= 4 is 54.8 Å². The van der Waals surface area contributed by atoms with Gasteiger partial charge in [0.05, 0.1) is 70.1 Å². The van der Waals surface area contributed by atoms with Gasteiger partial charge in [-0.25, -0.2) is 0 Å². The van der Waals surface area contributed by atoms with Crippen LogP contribution in [-0.2, 0) is 9.47 Å². The van der Waals surface area contributed by atoms with E-state index in [4.69, 9.17) is 19.4 Å². The molecule has 14 nitrogen and oxygen atoms in total. The van der Waals surface area contributed by atoms with Crippen molar-refractivity contribution in [2.45, 2.75) is 188 Å². The minimum absolute atomic E-state index is 0.0576. The second-order valence-corrected chi connectivity index (χ2v) is 28.9. The normalized spacial score (nSPS) is 41.3. The summed E-state index contributed by atoms with van der Waals surface area (Å²) in [6.45, 7) is 6.66. The van der Waals surface area contributed by atoms with Crippen molar-refractivity contribution < 1.29 is 29.9 Å². The number of nitrogens with one attached hydrogen (secondary N) is 2. The summed E-state index contributed by atoms with van der Waals surface area (Å²) in [4.78, 5) is 28.9. The first kappa shape index (κ1) is 55.0. The van der Waals surface area contributed by atoms with Crippen LogP contribution in [0.1, 0.15) is 140 Å². The van der Waals surface area contributed by atoms with Crippen LogP contribution in [0.25, 0.3) is 54.8 Å². The molecule has 8 fully saturated rings. The molecule has 14 heterocycles. The number of nitrogens with zero attached hydrogens (tertiary/aromatic N) is 6. The van der Waals surface area contributed by atoms with Crippen molar-refractivity contribution in [1.82, 2.24) is 39.5 Å². The zero-order chi connectivity index (χ0) is 57.6. The van der Waals surface area contributed by atoms with Crippen LogP contribution in [0.15, 0.2) is 110 Å². The predicted octanol–water partition coefficient (Wildman–Crippen LogP) is 10.8. The Morgan fingerprint density at radius 2 is 0.953 bits per heavy atom. The number of hydrogen-bond donors (Lipinski definition) is 6. The number of benzene rings is 2. The molecule has 14 heteroatoms. The Hall–Kier alpha value is -5.10. The van der Waals surface area contributed by atoms with E-state index in [0.29, 0.717) is 77.3 Å². The molecule has 10 aliphatic heterocycles. The van der Waals surface area contributed by atoms with Gasteiger partial charge in [-0.15, -0.1) is 0 Å². The average Bonchev–Trinajstić information content (AvgIpc) is 1.50. The number of aliphatic hydroxyl groups is 4. The van der Waals surface area contributed by atoms with Crippen LogP contribution in [0.5, 0.6) is 0 Å². The van der Waals surface area contributed by atoms with E-state index in [-0.39, 0.29) is 23.9 Å². The molecule has 2 aromatic carbocycles. The molecular formula is C72H88N8O6. The van der Waals surface area contributed by atoms with Crippen LogP contribution in [0, 0.1) is 22.7 Å². The van der Waals surface area contributed by atoms with Gasteiger partial charge in [-0.2, -0.15) is 0 Å². The number of ether oxygens (including phenoxy) is 2. The smallest absolute Gasteiger partial charge is 0.123 e. The van der Waals surface area contributed by atoms with E-state index in [2.05, 4.69) is 127 Å². The molecule has 6 N–H and O–H groups in total. The van der Waals surface area contributed by atoms with Gasteiger partial charge in [0.15, 0.2) is 0 Å². The minimum Gasteiger partial charge on any atom is -0.390 e. The monoisotopic (exact) mass is 1160 g/mol. The molecule has 6 aromatic rings. The second-order valence-electron chi connectivity index (χ2n) is 28.9.